The highest BCUT2D eigenvalue weighted by Gasteiger charge is 2.14. The topological polar surface area (TPSA) is 61.8 Å². The molecule has 0 aliphatic carbocycles. The van der Waals surface area contributed by atoms with Gasteiger partial charge in [0.15, 0.2) is 0 Å². The third-order valence-corrected chi connectivity index (χ3v) is 3.80. The van der Waals surface area contributed by atoms with E-state index in [-0.39, 0.29) is 6.61 Å². The van der Waals surface area contributed by atoms with Gasteiger partial charge in [-0.2, -0.15) is 5.26 Å². The minimum atomic E-state index is -0.154. The summed E-state index contributed by atoms with van der Waals surface area (Å²) in [6.07, 6.45) is 2.95. The van der Waals surface area contributed by atoms with Crippen molar-refractivity contribution >= 4 is 11.6 Å². The zero-order valence-electron chi connectivity index (χ0n) is 12.0. The summed E-state index contributed by atoms with van der Waals surface area (Å²) in [6, 6.07) is 9.51. The quantitative estimate of drug-likeness (QED) is 0.890. The largest absolute Gasteiger partial charge is 0.390 e. The monoisotopic (exact) mass is 303 g/mol. The summed E-state index contributed by atoms with van der Waals surface area (Å²) in [4.78, 5) is 4.42. The third-order valence-electron chi connectivity index (χ3n) is 3.38. The molecule has 1 aromatic heterocycles. The molecule has 0 atom stereocenters. The first kappa shape index (κ1) is 15.6. The second kappa shape index (κ2) is 7.26. The SMILES string of the molecule is CCCCc1nc(CO)c(Cl)n1Cc1ccc(C#N)cc1. The lowest BCUT2D eigenvalue weighted by Crippen LogP contribution is -2.05. The molecule has 0 unspecified atom stereocenters. The molecule has 1 heterocycles. The minimum Gasteiger partial charge on any atom is -0.390 e. The number of nitriles is 1. The van der Waals surface area contributed by atoms with Crippen LogP contribution in [0.4, 0.5) is 0 Å². The highest BCUT2D eigenvalue weighted by atomic mass is 35.5. The molecule has 0 radical (unpaired) electrons. The number of halogens is 1. The van der Waals surface area contributed by atoms with E-state index in [1.54, 1.807) is 12.1 Å². The summed E-state index contributed by atoms with van der Waals surface area (Å²) in [6.45, 7) is 2.57. The second-order valence-electron chi connectivity index (χ2n) is 4.92. The van der Waals surface area contributed by atoms with E-state index < -0.39 is 0 Å². The number of hydrogen-bond acceptors (Lipinski definition) is 3. The van der Waals surface area contributed by atoms with Gasteiger partial charge in [0.25, 0.3) is 0 Å². The third kappa shape index (κ3) is 3.63. The number of nitrogens with zero attached hydrogens (tertiary/aromatic N) is 3. The van der Waals surface area contributed by atoms with Crippen LogP contribution in [0.1, 0.15) is 42.4 Å². The first-order valence-electron chi connectivity index (χ1n) is 7.03. The number of imidazole rings is 1. The Bertz CT molecular complexity index is 641. The Morgan fingerprint density at radius 2 is 2.05 bits per heavy atom. The molecule has 0 fully saturated rings. The molecule has 21 heavy (non-hydrogen) atoms. The summed E-state index contributed by atoms with van der Waals surface area (Å²) in [5, 5.41) is 18.6. The van der Waals surface area contributed by atoms with Crippen LogP contribution >= 0.6 is 11.6 Å². The van der Waals surface area contributed by atoms with E-state index in [0.29, 0.717) is 23.0 Å². The lowest BCUT2D eigenvalue weighted by atomic mass is 10.1. The van der Waals surface area contributed by atoms with Gasteiger partial charge in [0.1, 0.15) is 16.7 Å². The number of benzene rings is 1. The van der Waals surface area contributed by atoms with E-state index in [1.165, 1.54) is 0 Å². The number of aliphatic hydroxyl groups is 1. The highest BCUT2D eigenvalue weighted by Crippen LogP contribution is 2.21. The van der Waals surface area contributed by atoms with Crippen LogP contribution in [-0.2, 0) is 19.6 Å². The molecule has 110 valence electrons. The van der Waals surface area contributed by atoms with Crippen LogP contribution in [0.15, 0.2) is 24.3 Å². The van der Waals surface area contributed by atoms with Crippen LogP contribution < -0.4 is 0 Å². The van der Waals surface area contributed by atoms with Gasteiger partial charge in [0, 0.05) is 6.42 Å². The van der Waals surface area contributed by atoms with Gasteiger partial charge in [-0.3, -0.25) is 0 Å². The molecule has 0 aliphatic rings. The van der Waals surface area contributed by atoms with Gasteiger partial charge >= 0.3 is 0 Å². The standard InChI is InChI=1S/C16H18ClN3O/c1-2-3-4-15-19-14(11-21)16(17)20(15)10-13-7-5-12(9-18)6-8-13/h5-8,21H,2-4,10-11H2,1H3. The van der Waals surface area contributed by atoms with Crippen LogP contribution in [0.25, 0.3) is 0 Å². The Balaban J connectivity index is 2.28. The van der Waals surface area contributed by atoms with Gasteiger partial charge in [0.05, 0.1) is 24.8 Å². The Morgan fingerprint density at radius 3 is 2.62 bits per heavy atom. The molecule has 0 spiro atoms. The van der Waals surface area contributed by atoms with E-state index in [9.17, 15) is 5.11 Å². The number of aliphatic hydroxyl groups excluding tert-OH is 1. The molecule has 2 aromatic rings. The average Bonchev–Trinajstić information content (AvgIpc) is 2.82. The van der Waals surface area contributed by atoms with Gasteiger partial charge in [-0.05, 0) is 24.1 Å². The van der Waals surface area contributed by atoms with E-state index in [1.807, 2.05) is 16.7 Å². The molecule has 5 heteroatoms. The number of aryl methyl sites for hydroxylation is 1. The first-order valence-corrected chi connectivity index (χ1v) is 7.41. The lowest BCUT2D eigenvalue weighted by molar-refractivity contribution is 0.277. The molecule has 0 saturated heterocycles. The average molecular weight is 304 g/mol. The van der Waals surface area contributed by atoms with Crippen molar-refractivity contribution in [2.24, 2.45) is 0 Å². The molecule has 0 aliphatic heterocycles. The van der Waals surface area contributed by atoms with Gasteiger partial charge in [-0.15, -0.1) is 0 Å². The first-order chi connectivity index (χ1) is 10.2. The molecule has 0 saturated carbocycles. The van der Waals surface area contributed by atoms with E-state index in [4.69, 9.17) is 16.9 Å². The van der Waals surface area contributed by atoms with E-state index >= 15 is 0 Å². The normalized spacial score (nSPS) is 10.6. The maximum absolute atomic E-state index is 9.32. The van der Waals surface area contributed by atoms with Gasteiger partial charge in [0.2, 0.25) is 0 Å². The summed E-state index contributed by atoms with van der Waals surface area (Å²) < 4.78 is 1.93. The van der Waals surface area contributed by atoms with Crippen molar-refractivity contribution < 1.29 is 5.11 Å². The minimum absolute atomic E-state index is 0.154. The fourth-order valence-corrected chi connectivity index (χ4v) is 2.44. The summed E-state index contributed by atoms with van der Waals surface area (Å²) >= 11 is 6.31. The van der Waals surface area contributed by atoms with Crippen molar-refractivity contribution in [2.45, 2.75) is 39.3 Å². The predicted molar refractivity (Wildman–Crippen MR) is 82.0 cm³/mol. The summed E-state index contributed by atoms with van der Waals surface area (Å²) in [5.74, 6) is 0.898. The number of rotatable bonds is 6. The van der Waals surface area contributed by atoms with Crippen molar-refractivity contribution in [1.82, 2.24) is 9.55 Å². The molecule has 1 N–H and O–H groups in total. The van der Waals surface area contributed by atoms with Crippen molar-refractivity contribution in [2.75, 3.05) is 0 Å². The lowest BCUT2D eigenvalue weighted by Gasteiger charge is -2.09. The molecule has 1 aromatic carbocycles. The summed E-state index contributed by atoms with van der Waals surface area (Å²) in [5.41, 5.74) is 2.21. The van der Waals surface area contributed by atoms with Crippen LogP contribution in [0.5, 0.6) is 0 Å². The van der Waals surface area contributed by atoms with Crippen molar-refractivity contribution in [3.05, 3.63) is 52.1 Å². The Labute approximate surface area is 129 Å². The molecule has 2 rings (SSSR count). The second-order valence-corrected chi connectivity index (χ2v) is 5.28. The molecule has 0 amide bonds. The summed E-state index contributed by atoms with van der Waals surface area (Å²) in [7, 11) is 0. The predicted octanol–water partition coefficient (Wildman–Crippen LogP) is 3.29. The highest BCUT2D eigenvalue weighted by molar-refractivity contribution is 6.30. The van der Waals surface area contributed by atoms with E-state index in [0.717, 1.165) is 30.7 Å². The van der Waals surface area contributed by atoms with Crippen LogP contribution in [0.2, 0.25) is 5.15 Å². The number of aromatic nitrogens is 2. The van der Waals surface area contributed by atoms with E-state index in [2.05, 4.69) is 18.0 Å². The zero-order chi connectivity index (χ0) is 15.2. The fraction of sp³-hybridized carbons (Fsp3) is 0.375. The molecule has 0 bridgehead atoms. The van der Waals surface area contributed by atoms with Crippen LogP contribution in [0, 0.1) is 11.3 Å². The Hall–Kier alpha value is -1.83. The maximum atomic E-state index is 9.32. The maximum Gasteiger partial charge on any atom is 0.134 e. The number of unbranched alkanes of at least 4 members (excludes halogenated alkanes) is 1. The Morgan fingerprint density at radius 1 is 1.33 bits per heavy atom. The van der Waals surface area contributed by atoms with Gasteiger partial charge < -0.3 is 9.67 Å². The zero-order valence-corrected chi connectivity index (χ0v) is 12.8. The number of hydrogen-bond donors (Lipinski definition) is 1. The van der Waals surface area contributed by atoms with Crippen LogP contribution in [-0.4, -0.2) is 14.7 Å². The van der Waals surface area contributed by atoms with Crippen molar-refractivity contribution in [3.8, 4) is 6.07 Å². The fourth-order valence-electron chi connectivity index (χ4n) is 2.19. The molecular weight excluding hydrogens is 286 g/mol. The van der Waals surface area contributed by atoms with Gasteiger partial charge in [-0.1, -0.05) is 37.1 Å². The van der Waals surface area contributed by atoms with Crippen molar-refractivity contribution in [1.29, 1.82) is 5.26 Å². The molecular formula is C16H18ClN3O. The van der Waals surface area contributed by atoms with Crippen LogP contribution in [0.3, 0.4) is 0 Å². The smallest absolute Gasteiger partial charge is 0.134 e. The van der Waals surface area contributed by atoms with Gasteiger partial charge in [-0.25, -0.2) is 4.98 Å². The molecule has 4 nitrogen and oxygen atoms in total. The van der Waals surface area contributed by atoms with Crippen molar-refractivity contribution in [3.63, 3.8) is 0 Å². The Kier molecular flexibility index (Phi) is 5.38.